The average molecular weight is 278 g/mol. The first-order chi connectivity index (χ1) is 9.62. The van der Waals surface area contributed by atoms with Crippen LogP contribution in [0.3, 0.4) is 0 Å². The Morgan fingerprint density at radius 3 is 2.80 bits per heavy atom. The molecule has 0 bridgehead atoms. The number of carbonyl (C=O) groups is 1. The number of rotatable bonds is 4. The number of nitrogens with zero attached hydrogens (tertiary/aromatic N) is 1. The Morgan fingerprint density at radius 2 is 2.20 bits per heavy atom. The number of halogens is 1. The van der Waals surface area contributed by atoms with Gasteiger partial charge in [-0.1, -0.05) is 0 Å². The fourth-order valence-corrected chi connectivity index (χ4v) is 1.99. The van der Waals surface area contributed by atoms with E-state index in [-0.39, 0.29) is 11.3 Å². The number of carbonyl (C=O) groups excluding carboxylic acids is 1. The Labute approximate surface area is 115 Å². The van der Waals surface area contributed by atoms with Crippen molar-refractivity contribution in [3.63, 3.8) is 0 Å². The first-order valence-corrected chi connectivity index (χ1v) is 6.13. The van der Waals surface area contributed by atoms with Crippen LogP contribution in [-0.4, -0.2) is 31.7 Å². The molecule has 0 aliphatic carbocycles. The van der Waals surface area contributed by atoms with Crippen LogP contribution in [0, 0.1) is 5.82 Å². The van der Waals surface area contributed by atoms with Crippen molar-refractivity contribution in [1.82, 2.24) is 4.98 Å². The molecule has 6 heteroatoms. The minimum absolute atomic E-state index is 0.125. The van der Waals surface area contributed by atoms with Gasteiger partial charge in [0.2, 0.25) is 0 Å². The van der Waals surface area contributed by atoms with Crippen LogP contribution in [0.25, 0.3) is 10.9 Å². The highest BCUT2D eigenvalue weighted by atomic mass is 19.1. The molecule has 0 fully saturated rings. The number of methoxy groups -OCH3 is 1. The number of nitrogens with one attached hydrogen (secondary N) is 1. The Morgan fingerprint density at radius 1 is 1.45 bits per heavy atom. The second-order valence-corrected chi connectivity index (χ2v) is 4.02. The number of anilines is 1. The second kappa shape index (κ2) is 5.73. The highest BCUT2D eigenvalue weighted by molar-refractivity contribution is 6.05. The molecule has 0 radical (unpaired) electrons. The Kier molecular flexibility index (Phi) is 4.02. The van der Waals surface area contributed by atoms with Gasteiger partial charge < -0.3 is 14.8 Å². The van der Waals surface area contributed by atoms with Gasteiger partial charge in [0.15, 0.2) is 11.6 Å². The molecule has 1 heterocycles. The monoisotopic (exact) mass is 278 g/mol. The molecule has 1 N–H and O–H groups in total. The molecule has 0 atom stereocenters. The fraction of sp³-hybridized carbons (Fsp3) is 0.286. The van der Waals surface area contributed by atoms with Crippen molar-refractivity contribution in [2.45, 2.75) is 6.92 Å². The lowest BCUT2D eigenvalue weighted by Gasteiger charge is -2.12. The third kappa shape index (κ3) is 2.36. The molecule has 0 spiro atoms. The molecule has 0 amide bonds. The molecule has 1 aromatic heterocycles. The maximum absolute atomic E-state index is 13.8. The topological polar surface area (TPSA) is 60.5 Å². The Bertz CT molecular complexity index is 658. The van der Waals surface area contributed by atoms with Crippen LogP contribution in [0.2, 0.25) is 0 Å². The number of aromatic nitrogens is 1. The van der Waals surface area contributed by atoms with Gasteiger partial charge in [-0.25, -0.2) is 9.18 Å². The highest BCUT2D eigenvalue weighted by Gasteiger charge is 2.17. The van der Waals surface area contributed by atoms with Gasteiger partial charge in [-0.05, 0) is 13.0 Å². The van der Waals surface area contributed by atoms with E-state index < -0.39 is 11.8 Å². The van der Waals surface area contributed by atoms with E-state index in [9.17, 15) is 9.18 Å². The third-order valence-electron chi connectivity index (χ3n) is 2.88. The van der Waals surface area contributed by atoms with Gasteiger partial charge in [0, 0.05) is 24.7 Å². The standard InChI is InChI=1S/C14H15FN2O3/c1-4-20-12-5-8-11(6-10(12)15)17-7-9(13(8)16-2)14(18)19-3/h5-7H,4H2,1-3H3,(H,16,17). The predicted octanol–water partition coefficient (Wildman–Crippen LogP) is 2.60. The number of pyridine rings is 1. The third-order valence-corrected chi connectivity index (χ3v) is 2.88. The summed E-state index contributed by atoms with van der Waals surface area (Å²) in [7, 11) is 2.97. The van der Waals surface area contributed by atoms with Crippen LogP contribution in [0.4, 0.5) is 10.1 Å². The zero-order valence-corrected chi connectivity index (χ0v) is 11.5. The predicted molar refractivity (Wildman–Crippen MR) is 73.8 cm³/mol. The van der Waals surface area contributed by atoms with E-state index in [2.05, 4.69) is 10.3 Å². The van der Waals surface area contributed by atoms with Crippen LogP contribution in [-0.2, 0) is 4.74 Å². The van der Waals surface area contributed by atoms with Crippen molar-refractivity contribution in [2.24, 2.45) is 0 Å². The molecule has 2 aromatic rings. The summed E-state index contributed by atoms with van der Waals surface area (Å²) >= 11 is 0. The largest absolute Gasteiger partial charge is 0.491 e. The summed E-state index contributed by atoms with van der Waals surface area (Å²) in [6, 6.07) is 2.81. The maximum atomic E-state index is 13.8. The smallest absolute Gasteiger partial charge is 0.341 e. The number of benzene rings is 1. The van der Waals surface area contributed by atoms with Gasteiger partial charge in [0.25, 0.3) is 0 Å². The Hall–Kier alpha value is -2.37. The lowest BCUT2D eigenvalue weighted by Crippen LogP contribution is -2.07. The van der Waals surface area contributed by atoms with Gasteiger partial charge in [0.05, 0.1) is 24.9 Å². The molecule has 2 rings (SSSR count). The quantitative estimate of drug-likeness (QED) is 0.871. The second-order valence-electron chi connectivity index (χ2n) is 4.02. The van der Waals surface area contributed by atoms with E-state index in [0.29, 0.717) is 23.2 Å². The summed E-state index contributed by atoms with van der Waals surface area (Å²) in [5.41, 5.74) is 1.25. The number of fused-ring (bicyclic) bond motifs is 1. The molecule has 20 heavy (non-hydrogen) atoms. The van der Waals surface area contributed by atoms with Gasteiger partial charge >= 0.3 is 5.97 Å². The molecular formula is C14H15FN2O3. The van der Waals surface area contributed by atoms with Crippen molar-refractivity contribution in [3.05, 3.63) is 29.7 Å². The fourth-order valence-electron chi connectivity index (χ4n) is 1.99. The normalized spacial score (nSPS) is 10.4. The minimum atomic E-state index is -0.508. The van der Waals surface area contributed by atoms with Crippen LogP contribution >= 0.6 is 0 Å². The zero-order valence-electron chi connectivity index (χ0n) is 11.5. The first kappa shape index (κ1) is 14.0. The first-order valence-electron chi connectivity index (χ1n) is 6.13. The van der Waals surface area contributed by atoms with Crippen LogP contribution < -0.4 is 10.1 Å². The van der Waals surface area contributed by atoms with Gasteiger partial charge in [0.1, 0.15) is 5.56 Å². The number of ether oxygens (including phenoxy) is 2. The minimum Gasteiger partial charge on any atom is -0.491 e. The van der Waals surface area contributed by atoms with Crippen LogP contribution in [0.5, 0.6) is 5.75 Å². The van der Waals surface area contributed by atoms with Gasteiger partial charge in [-0.2, -0.15) is 0 Å². The summed E-state index contributed by atoms with van der Waals surface area (Å²) in [6.45, 7) is 2.12. The SMILES string of the molecule is CCOc1cc2c(NC)c(C(=O)OC)cnc2cc1F. The molecule has 5 nitrogen and oxygen atoms in total. The molecule has 0 aliphatic rings. The number of hydrogen-bond donors (Lipinski definition) is 1. The molecule has 0 unspecified atom stereocenters. The van der Waals surface area contributed by atoms with Crippen molar-refractivity contribution in [1.29, 1.82) is 0 Å². The lowest BCUT2D eigenvalue weighted by molar-refractivity contribution is 0.0601. The van der Waals surface area contributed by atoms with Gasteiger partial charge in [-0.15, -0.1) is 0 Å². The maximum Gasteiger partial charge on any atom is 0.341 e. The van der Waals surface area contributed by atoms with E-state index in [0.717, 1.165) is 0 Å². The zero-order chi connectivity index (χ0) is 14.7. The number of hydrogen-bond acceptors (Lipinski definition) is 5. The molecule has 0 saturated carbocycles. The van der Waals surface area contributed by atoms with E-state index in [1.54, 1.807) is 14.0 Å². The summed E-state index contributed by atoms with van der Waals surface area (Å²) in [5, 5.41) is 3.52. The number of esters is 1. The van der Waals surface area contributed by atoms with Crippen LogP contribution in [0.15, 0.2) is 18.3 Å². The lowest BCUT2D eigenvalue weighted by atomic mass is 10.1. The van der Waals surface area contributed by atoms with Crippen molar-refractivity contribution < 1.29 is 18.7 Å². The summed E-state index contributed by atoms with van der Waals surface area (Å²) in [5.74, 6) is -0.869. The summed E-state index contributed by atoms with van der Waals surface area (Å²) in [6.07, 6.45) is 1.36. The highest BCUT2D eigenvalue weighted by Crippen LogP contribution is 2.31. The van der Waals surface area contributed by atoms with Crippen molar-refractivity contribution in [3.8, 4) is 5.75 Å². The summed E-state index contributed by atoms with van der Waals surface area (Å²) in [4.78, 5) is 15.8. The summed E-state index contributed by atoms with van der Waals surface area (Å²) < 4.78 is 23.7. The van der Waals surface area contributed by atoms with Crippen molar-refractivity contribution in [2.75, 3.05) is 26.1 Å². The van der Waals surface area contributed by atoms with E-state index in [1.165, 1.54) is 25.4 Å². The Balaban J connectivity index is 2.71. The molecule has 106 valence electrons. The van der Waals surface area contributed by atoms with E-state index in [4.69, 9.17) is 9.47 Å². The molecular weight excluding hydrogens is 263 g/mol. The van der Waals surface area contributed by atoms with E-state index in [1.807, 2.05) is 0 Å². The van der Waals surface area contributed by atoms with Crippen LogP contribution in [0.1, 0.15) is 17.3 Å². The molecule has 1 aromatic carbocycles. The van der Waals surface area contributed by atoms with Crippen molar-refractivity contribution >= 4 is 22.6 Å². The van der Waals surface area contributed by atoms with E-state index >= 15 is 0 Å². The molecule has 0 saturated heterocycles. The van der Waals surface area contributed by atoms with Gasteiger partial charge in [-0.3, -0.25) is 4.98 Å². The average Bonchev–Trinajstić information content (AvgIpc) is 2.46. The molecule has 0 aliphatic heterocycles.